The average molecular weight is 231 g/mol. The van der Waals surface area contributed by atoms with Crippen molar-refractivity contribution >= 4 is 23.4 Å². The van der Waals surface area contributed by atoms with E-state index in [4.69, 9.17) is 16.0 Å². The predicted octanol–water partition coefficient (Wildman–Crippen LogP) is 3.14. The summed E-state index contributed by atoms with van der Waals surface area (Å²) < 4.78 is 5.43. The van der Waals surface area contributed by atoms with E-state index >= 15 is 0 Å². The van der Waals surface area contributed by atoms with Crippen LogP contribution in [0.3, 0.4) is 0 Å². The van der Waals surface area contributed by atoms with E-state index < -0.39 is 0 Å². The molecule has 2 unspecified atom stereocenters. The lowest BCUT2D eigenvalue weighted by Crippen LogP contribution is -1.99. The lowest BCUT2D eigenvalue weighted by molar-refractivity contribution is 0.443. The second kappa shape index (κ2) is 3.95. The fraction of sp³-hybridized carbons (Fsp3) is 0.556. The van der Waals surface area contributed by atoms with E-state index in [9.17, 15) is 0 Å². The second-order valence-electron chi connectivity index (χ2n) is 3.34. The molecular formula is C9H11ClN2OS. The van der Waals surface area contributed by atoms with Gasteiger partial charge in [0.15, 0.2) is 0 Å². The third kappa shape index (κ3) is 1.81. The van der Waals surface area contributed by atoms with Crippen molar-refractivity contribution in [1.82, 2.24) is 10.2 Å². The zero-order valence-corrected chi connectivity index (χ0v) is 9.60. The summed E-state index contributed by atoms with van der Waals surface area (Å²) in [5.41, 5.74) is 0. The fourth-order valence-electron chi connectivity index (χ4n) is 1.52. The largest absolute Gasteiger partial charge is 0.423 e. The highest BCUT2D eigenvalue weighted by Gasteiger charge is 2.29. The molecule has 1 aliphatic rings. The van der Waals surface area contributed by atoms with Gasteiger partial charge < -0.3 is 4.42 Å². The van der Waals surface area contributed by atoms with Crippen LogP contribution in [0.4, 0.5) is 0 Å². The number of hydrogen-bond donors (Lipinski definition) is 0. The molecule has 2 atom stereocenters. The Labute approximate surface area is 91.9 Å². The number of hydrogen-bond acceptors (Lipinski definition) is 4. The number of thioether (sulfide) groups is 1. The van der Waals surface area contributed by atoms with Crippen molar-refractivity contribution in [2.75, 3.05) is 0 Å². The Morgan fingerprint density at radius 3 is 2.86 bits per heavy atom. The first-order valence-corrected chi connectivity index (χ1v) is 5.85. The molecule has 2 rings (SSSR count). The van der Waals surface area contributed by atoms with Gasteiger partial charge in [0, 0.05) is 0 Å². The summed E-state index contributed by atoms with van der Waals surface area (Å²) in [6.45, 7) is 4.25. The van der Waals surface area contributed by atoms with Crippen molar-refractivity contribution in [3.8, 4) is 0 Å². The van der Waals surface area contributed by atoms with Crippen molar-refractivity contribution < 1.29 is 4.42 Å². The summed E-state index contributed by atoms with van der Waals surface area (Å²) in [7, 11) is 0. The Hall–Kier alpha value is -0.480. The smallest absolute Gasteiger partial charge is 0.231 e. The van der Waals surface area contributed by atoms with E-state index in [1.165, 1.54) is 4.91 Å². The molecule has 1 aromatic rings. The van der Waals surface area contributed by atoms with E-state index in [1.807, 2.05) is 0 Å². The molecule has 76 valence electrons. The molecule has 0 spiro atoms. The van der Waals surface area contributed by atoms with E-state index in [0.717, 1.165) is 0 Å². The minimum atomic E-state index is 0.263. The van der Waals surface area contributed by atoms with E-state index in [2.05, 4.69) is 30.1 Å². The SMILES string of the molecule is CC1=CC(C)C(c2nnc(CCl)o2)S1. The highest BCUT2D eigenvalue weighted by Crippen LogP contribution is 2.46. The molecule has 3 nitrogen and oxygen atoms in total. The second-order valence-corrected chi connectivity index (χ2v) is 5.00. The number of halogens is 1. The van der Waals surface area contributed by atoms with Crippen molar-refractivity contribution in [3.63, 3.8) is 0 Å². The average Bonchev–Trinajstić information content (AvgIpc) is 2.71. The Morgan fingerprint density at radius 2 is 2.36 bits per heavy atom. The molecule has 0 aromatic carbocycles. The normalized spacial score (nSPS) is 26.6. The zero-order valence-electron chi connectivity index (χ0n) is 8.03. The minimum absolute atomic E-state index is 0.263. The topological polar surface area (TPSA) is 38.9 Å². The third-order valence-electron chi connectivity index (χ3n) is 2.13. The lowest BCUT2D eigenvalue weighted by atomic mass is 10.1. The standard InChI is InChI=1S/C9H11ClN2OS/c1-5-3-6(2)14-8(5)9-12-11-7(4-10)13-9/h3,5,8H,4H2,1-2H3. The van der Waals surface area contributed by atoms with Gasteiger partial charge in [-0.3, -0.25) is 0 Å². The molecule has 0 aliphatic carbocycles. The van der Waals surface area contributed by atoms with Gasteiger partial charge in [-0.15, -0.1) is 33.6 Å². The van der Waals surface area contributed by atoms with Crippen LogP contribution in [0, 0.1) is 5.92 Å². The molecule has 0 N–H and O–H groups in total. The van der Waals surface area contributed by atoms with Crippen LogP contribution in [0.25, 0.3) is 0 Å². The highest BCUT2D eigenvalue weighted by molar-refractivity contribution is 8.03. The molecule has 0 saturated heterocycles. The highest BCUT2D eigenvalue weighted by atomic mass is 35.5. The number of nitrogens with zero attached hydrogens (tertiary/aromatic N) is 2. The van der Waals surface area contributed by atoms with Gasteiger partial charge in [-0.25, -0.2) is 0 Å². The maximum Gasteiger partial charge on any atom is 0.231 e. The molecule has 1 aromatic heterocycles. The van der Waals surface area contributed by atoms with Crippen LogP contribution in [0.2, 0.25) is 0 Å². The Morgan fingerprint density at radius 1 is 1.57 bits per heavy atom. The van der Waals surface area contributed by atoms with Gasteiger partial charge in [0.1, 0.15) is 5.88 Å². The van der Waals surface area contributed by atoms with Crippen LogP contribution in [-0.4, -0.2) is 10.2 Å². The zero-order chi connectivity index (χ0) is 10.1. The van der Waals surface area contributed by atoms with Gasteiger partial charge in [0.25, 0.3) is 0 Å². The molecule has 2 heterocycles. The Bertz CT molecular complexity index is 363. The van der Waals surface area contributed by atoms with Gasteiger partial charge in [0.05, 0.1) is 5.25 Å². The molecular weight excluding hydrogens is 220 g/mol. The van der Waals surface area contributed by atoms with Crippen molar-refractivity contribution in [2.45, 2.75) is 25.0 Å². The number of allylic oxidation sites excluding steroid dienone is 2. The summed E-state index contributed by atoms with van der Waals surface area (Å²) in [5.74, 6) is 1.92. The Kier molecular flexibility index (Phi) is 2.83. The van der Waals surface area contributed by atoms with Crippen LogP contribution in [0.15, 0.2) is 15.4 Å². The molecule has 14 heavy (non-hydrogen) atoms. The fourth-order valence-corrected chi connectivity index (χ4v) is 2.81. The van der Waals surface area contributed by atoms with E-state index in [0.29, 0.717) is 17.7 Å². The monoisotopic (exact) mass is 230 g/mol. The first-order valence-electron chi connectivity index (χ1n) is 4.44. The predicted molar refractivity (Wildman–Crippen MR) is 57.1 cm³/mol. The first-order chi connectivity index (χ1) is 6.70. The molecule has 0 radical (unpaired) electrons. The first kappa shape index (κ1) is 10.1. The van der Waals surface area contributed by atoms with Gasteiger partial charge in [-0.05, 0) is 17.7 Å². The van der Waals surface area contributed by atoms with Crippen LogP contribution in [0.1, 0.15) is 30.9 Å². The molecule has 0 fully saturated rings. The lowest BCUT2D eigenvalue weighted by Gasteiger charge is -2.08. The molecule has 0 amide bonds. The van der Waals surface area contributed by atoms with Crippen molar-refractivity contribution in [2.24, 2.45) is 5.92 Å². The summed E-state index contributed by atoms with van der Waals surface area (Å²) in [5, 5.41) is 8.12. The van der Waals surface area contributed by atoms with Crippen LogP contribution < -0.4 is 0 Å². The summed E-state index contributed by atoms with van der Waals surface area (Å²) in [6, 6.07) is 0. The molecule has 0 bridgehead atoms. The quantitative estimate of drug-likeness (QED) is 0.732. The maximum absolute atomic E-state index is 5.60. The van der Waals surface area contributed by atoms with Gasteiger partial charge in [-0.1, -0.05) is 13.0 Å². The van der Waals surface area contributed by atoms with Crippen molar-refractivity contribution in [1.29, 1.82) is 0 Å². The summed E-state index contributed by atoms with van der Waals surface area (Å²) >= 11 is 7.37. The number of rotatable bonds is 2. The molecule has 1 aliphatic heterocycles. The maximum atomic E-state index is 5.60. The van der Waals surface area contributed by atoms with Crippen LogP contribution in [0.5, 0.6) is 0 Å². The number of alkyl halides is 1. The molecule has 5 heteroatoms. The van der Waals surface area contributed by atoms with E-state index in [-0.39, 0.29) is 11.1 Å². The minimum Gasteiger partial charge on any atom is -0.423 e. The molecule has 0 saturated carbocycles. The van der Waals surface area contributed by atoms with E-state index in [1.54, 1.807) is 11.8 Å². The Balaban J connectivity index is 2.17. The van der Waals surface area contributed by atoms with Crippen molar-refractivity contribution in [3.05, 3.63) is 22.8 Å². The summed E-state index contributed by atoms with van der Waals surface area (Å²) in [4.78, 5) is 1.31. The number of aromatic nitrogens is 2. The third-order valence-corrected chi connectivity index (χ3v) is 3.75. The summed E-state index contributed by atoms with van der Waals surface area (Å²) in [6.07, 6.45) is 2.22. The van der Waals surface area contributed by atoms with Gasteiger partial charge in [-0.2, -0.15) is 0 Å². The van der Waals surface area contributed by atoms with Crippen LogP contribution >= 0.6 is 23.4 Å². The van der Waals surface area contributed by atoms with Crippen LogP contribution in [-0.2, 0) is 5.88 Å². The van der Waals surface area contributed by atoms with Gasteiger partial charge in [0.2, 0.25) is 11.8 Å². The van der Waals surface area contributed by atoms with Gasteiger partial charge >= 0.3 is 0 Å².